The molecule has 266 valence electrons. The largest absolute Gasteiger partial charge is 0.309 e. The fourth-order valence-corrected chi connectivity index (χ4v) is 9.30. The van der Waals surface area contributed by atoms with Gasteiger partial charge in [0.1, 0.15) is 0 Å². The van der Waals surface area contributed by atoms with Crippen LogP contribution in [0.15, 0.2) is 212 Å². The third-order valence-corrected chi connectivity index (χ3v) is 11.8. The highest BCUT2D eigenvalue weighted by atomic mass is 15.0. The Morgan fingerprint density at radius 3 is 1.25 bits per heavy atom. The first-order chi connectivity index (χ1) is 28.3. The minimum Gasteiger partial charge on any atom is -0.309 e. The number of nitrogens with zero attached hydrogens (tertiary/aromatic N) is 3. The fourth-order valence-electron chi connectivity index (χ4n) is 9.30. The lowest BCUT2D eigenvalue weighted by molar-refractivity contribution is 1.15. The van der Waals surface area contributed by atoms with Gasteiger partial charge in [-0.2, -0.15) is 0 Å². The number of hydrogen-bond acceptors (Lipinski definition) is 0. The minimum absolute atomic E-state index is 1.13. The maximum Gasteiger partial charge on any atom is 0.0788 e. The van der Waals surface area contributed by atoms with Gasteiger partial charge < -0.3 is 13.7 Å². The molecule has 0 saturated heterocycles. The number of rotatable bonds is 5. The van der Waals surface area contributed by atoms with Crippen molar-refractivity contribution in [2.75, 3.05) is 0 Å². The van der Waals surface area contributed by atoms with Crippen molar-refractivity contribution < 1.29 is 0 Å². The molecule has 0 N–H and O–H groups in total. The third-order valence-electron chi connectivity index (χ3n) is 11.8. The average Bonchev–Trinajstić information content (AvgIpc) is 3.93. The van der Waals surface area contributed by atoms with E-state index in [1.807, 2.05) is 0 Å². The average molecular weight is 726 g/mol. The van der Waals surface area contributed by atoms with Gasteiger partial charge in [0.25, 0.3) is 0 Å². The number of hydrogen-bond donors (Lipinski definition) is 0. The smallest absolute Gasteiger partial charge is 0.0788 e. The maximum atomic E-state index is 2.47. The van der Waals surface area contributed by atoms with Crippen molar-refractivity contribution in [1.29, 1.82) is 0 Å². The first kappa shape index (κ1) is 31.7. The van der Waals surface area contributed by atoms with Crippen LogP contribution in [0, 0.1) is 0 Å². The second kappa shape index (κ2) is 12.5. The van der Waals surface area contributed by atoms with E-state index in [9.17, 15) is 0 Å². The van der Waals surface area contributed by atoms with Gasteiger partial charge in [0.05, 0.1) is 33.1 Å². The summed E-state index contributed by atoms with van der Waals surface area (Å²) >= 11 is 0. The molecule has 0 fully saturated rings. The zero-order valence-electron chi connectivity index (χ0n) is 31.0. The fraction of sp³-hybridized carbons (Fsp3) is 0. The minimum atomic E-state index is 1.13. The standard InChI is InChI=1S/C54H35N3/c1-3-14-36(15-4-1)38-16-13-19-42(34-38)55-49-23-10-7-20-43(49)46-31-28-39(35-52(46)55)37-26-29-41(30-27-37)57-51-25-12-9-22-45(51)48-33-32-47-44-21-8-11-24-50(44)56(53(47)54(48)57)40-17-5-2-6-18-40/h1-35H. The molecule has 0 amide bonds. The highest BCUT2D eigenvalue weighted by Crippen LogP contribution is 2.42. The molecule has 0 aliphatic heterocycles. The Kier molecular flexibility index (Phi) is 6.93. The Labute approximate surface area is 329 Å². The zero-order chi connectivity index (χ0) is 37.5. The molecule has 3 aromatic heterocycles. The van der Waals surface area contributed by atoms with Gasteiger partial charge in [-0.25, -0.2) is 0 Å². The number of para-hydroxylation sites is 4. The van der Waals surface area contributed by atoms with Crippen LogP contribution >= 0.6 is 0 Å². The predicted octanol–water partition coefficient (Wildman–Crippen LogP) is 14.3. The molecule has 0 unspecified atom stereocenters. The Bertz CT molecular complexity index is 3490. The molecule has 57 heavy (non-hydrogen) atoms. The summed E-state index contributed by atoms with van der Waals surface area (Å²) in [6, 6.07) is 77.4. The van der Waals surface area contributed by atoms with E-state index in [1.54, 1.807) is 0 Å². The van der Waals surface area contributed by atoms with Gasteiger partial charge in [-0.05, 0) is 82.9 Å². The van der Waals surface area contributed by atoms with E-state index < -0.39 is 0 Å². The molecule has 3 nitrogen and oxygen atoms in total. The molecule has 3 heteroatoms. The van der Waals surface area contributed by atoms with Crippen LogP contribution in [0.4, 0.5) is 0 Å². The second-order valence-corrected chi connectivity index (χ2v) is 14.9. The van der Waals surface area contributed by atoms with Crippen LogP contribution < -0.4 is 0 Å². The summed E-state index contributed by atoms with van der Waals surface area (Å²) in [7, 11) is 0. The van der Waals surface area contributed by atoms with Gasteiger partial charge >= 0.3 is 0 Å². The van der Waals surface area contributed by atoms with E-state index in [2.05, 4.69) is 226 Å². The topological polar surface area (TPSA) is 14.8 Å². The van der Waals surface area contributed by atoms with E-state index in [4.69, 9.17) is 0 Å². The molecule has 0 aliphatic rings. The molecular formula is C54H35N3. The van der Waals surface area contributed by atoms with Crippen molar-refractivity contribution in [2.45, 2.75) is 0 Å². The summed E-state index contributed by atoms with van der Waals surface area (Å²) in [5.41, 5.74) is 15.5. The molecule has 0 saturated carbocycles. The van der Waals surface area contributed by atoms with Gasteiger partial charge in [0, 0.05) is 49.4 Å². The van der Waals surface area contributed by atoms with Crippen LogP contribution in [0.5, 0.6) is 0 Å². The third kappa shape index (κ3) is 4.79. The molecule has 12 aromatic rings. The zero-order valence-corrected chi connectivity index (χ0v) is 31.0. The molecule has 12 rings (SSSR count). The van der Waals surface area contributed by atoms with Gasteiger partial charge in [-0.1, -0.05) is 152 Å². The monoisotopic (exact) mass is 725 g/mol. The lowest BCUT2D eigenvalue weighted by Gasteiger charge is -2.13. The van der Waals surface area contributed by atoms with E-state index in [0.717, 1.165) is 17.1 Å². The van der Waals surface area contributed by atoms with Crippen LogP contribution in [-0.2, 0) is 0 Å². The van der Waals surface area contributed by atoms with Crippen molar-refractivity contribution in [2.24, 2.45) is 0 Å². The molecule has 0 spiro atoms. The molecule has 0 radical (unpaired) electrons. The Hall–Kier alpha value is -7.62. The molecule has 0 atom stereocenters. The van der Waals surface area contributed by atoms with Gasteiger partial charge in [0.15, 0.2) is 0 Å². The second-order valence-electron chi connectivity index (χ2n) is 14.9. The van der Waals surface area contributed by atoms with Crippen LogP contribution in [0.2, 0.25) is 0 Å². The SMILES string of the molecule is c1ccc(-c2cccc(-n3c4ccccc4c4ccc(-c5ccc(-n6c7ccccc7c7ccc8c9ccccc9n(-c9ccccc9)c8c76)cc5)cc43)c2)cc1. The number of aromatic nitrogens is 3. The van der Waals surface area contributed by atoms with Crippen molar-refractivity contribution >= 4 is 65.4 Å². The maximum absolute atomic E-state index is 2.47. The molecule has 0 aliphatic carbocycles. The van der Waals surface area contributed by atoms with Gasteiger partial charge in [0.2, 0.25) is 0 Å². The Morgan fingerprint density at radius 1 is 0.211 bits per heavy atom. The first-order valence-corrected chi connectivity index (χ1v) is 19.6. The van der Waals surface area contributed by atoms with Crippen LogP contribution in [0.3, 0.4) is 0 Å². The van der Waals surface area contributed by atoms with E-state index in [1.165, 1.54) is 87.7 Å². The van der Waals surface area contributed by atoms with Crippen molar-refractivity contribution in [1.82, 2.24) is 13.7 Å². The predicted molar refractivity (Wildman–Crippen MR) is 240 cm³/mol. The Morgan fingerprint density at radius 2 is 0.614 bits per heavy atom. The van der Waals surface area contributed by atoms with Crippen LogP contribution in [-0.4, -0.2) is 13.7 Å². The summed E-state index contributed by atoms with van der Waals surface area (Å²) in [5, 5.41) is 7.50. The molecule has 3 heterocycles. The van der Waals surface area contributed by atoms with E-state index in [0.29, 0.717) is 0 Å². The van der Waals surface area contributed by atoms with E-state index in [-0.39, 0.29) is 0 Å². The lowest BCUT2D eigenvalue weighted by Crippen LogP contribution is -1.98. The highest BCUT2D eigenvalue weighted by Gasteiger charge is 2.21. The summed E-state index contributed by atoms with van der Waals surface area (Å²) in [6.45, 7) is 0. The molecular weight excluding hydrogens is 691 g/mol. The lowest BCUT2D eigenvalue weighted by atomic mass is 10.0. The van der Waals surface area contributed by atoms with Gasteiger partial charge in [-0.15, -0.1) is 0 Å². The highest BCUT2D eigenvalue weighted by molar-refractivity contribution is 6.23. The van der Waals surface area contributed by atoms with Crippen molar-refractivity contribution in [3.63, 3.8) is 0 Å². The molecule has 0 bridgehead atoms. The van der Waals surface area contributed by atoms with Crippen LogP contribution in [0.25, 0.3) is 105 Å². The molecule has 9 aromatic carbocycles. The van der Waals surface area contributed by atoms with Crippen LogP contribution in [0.1, 0.15) is 0 Å². The van der Waals surface area contributed by atoms with Crippen molar-refractivity contribution in [3.05, 3.63) is 212 Å². The number of benzene rings is 9. The summed E-state index contributed by atoms with van der Waals surface area (Å²) in [6.07, 6.45) is 0. The summed E-state index contributed by atoms with van der Waals surface area (Å²) in [4.78, 5) is 0. The van der Waals surface area contributed by atoms with E-state index >= 15 is 0 Å². The Balaban J connectivity index is 1.05. The normalized spacial score (nSPS) is 11.9. The summed E-state index contributed by atoms with van der Waals surface area (Å²) in [5.74, 6) is 0. The quantitative estimate of drug-likeness (QED) is 0.168. The number of fused-ring (bicyclic) bond motifs is 10. The summed E-state index contributed by atoms with van der Waals surface area (Å²) < 4.78 is 7.33. The first-order valence-electron chi connectivity index (χ1n) is 19.6. The van der Waals surface area contributed by atoms with Crippen molar-refractivity contribution in [3.8, 4) is 39.3 Å². The van der Waals surface area contributed by atoms with Gasteiger partial charge in [-0.3, -0.25) is 0 Å².